The zero-order chi connectivity index (χ0) is 17.6. The second kappa shape index (κ2) is 7.76. The van der Waals surface area contributed by atoms with Crippen LogP contribution in [0.15, 0.2) is 48.1 Å². The number of nitrogens with one attached hydrogen (secondary N) is 1. The van der Waals surface area contributed by atoms with Gasteiger partial charge in [-0.25, -0.2) is 4.98 Å². The lowest BCUT2D eigenvalue weighted by Crippen LogP contribution is -2.23. The van der Waals surface area contributed by atoms with E-state index in [9.17, 15) is 4.79 Å². The molecule has 0 spiro atoms. The molecule has 0 radical (unpaired) electrons. The summed E-state index contributed by atoms with van der Waals surface area (Å²) in [5, 5.41) is 5.37. The molecule has 0 atom stereocenters. The van der Waals surface area contributed by atoms with Crippen LogP contribution < -0.4 is 14.8 Å². The van der Waals surface area contributed by atoms with E-state index in [1.54, 1.807) is 32.0 Å². The maximum Gasteiger partial charge on any atom is 0.271 e. The van der Waals surface area contributed by atoms with E-state index in [1.165, 1.54) is 11.3 Å². The van der Waals surface area contributed by atoms with E-state index in [4.69, 9.17) is 9.47 Å². The molecule has 1 amide bonds. The summed E-state index contributed by atoms with van der Waals surface area (Å²) in [6, 6.07) is 9.28. The number of pyridine rings is 1. The SMILES string of the molecule is COc1ccc(CNC(=O)c2csc(-c3cccnc3)n2)cc1OC. The molecule has 3 aromatic rings. The lowest BCUT2D eigenvalue weighted by atomic mass is 10.2. The Morgan fingerprint density at radius 1 is 1.20 bits per heavy atom. The number of methoxy groups -OCH3 is 2. The van der Waals surface area contributed by atoms with Crippen LogP contribution in [0.25, 0.3) is 10.6 Å². The van der Waals surface area contributed by atoms with Gasteiger partial charge in [0.15, 0.2) is 11.5 Å². The lowest BCUT2D eigenvalue weighted by molar-refractivity contribution is 0.0946. The maximum atomic E-state index is 12.3. The third kappa shape index (κ3) is 3.95. The average molecular weight is 355 g/mol. The van der Waals surface area contributed by atoms with Crippen molar-refractivity contribution in [3.8, 4) is 22.1 Å². The molecular weight excluding hydrogens is 338 g/mol. The highest BCUT2D eigenvalue weighted by Gasteiger charge is 2.12. The van der Waals surface area contributed by atoms with Crippen molar-refractivity contribution in [2.75, 3.05) is 14.2 Å². The molecule has 0 bridgehead atoms. The van der Waals surface area contributed by atoms with Crippen LogP contribution >= 0.6 is 11.3 Å². The first kappa shape index (κ1) is 16.9. The number of hydrogen-bond acceptors (Lipinski definition) is 6. The number of ether oxygens (including phenoxy) is 2. The molecule has 0 aliphatic heterocycles. The number of carbonyl (C=O) groups is 1. The zero-order valence-corrected chi connectivity index (χ0v) is 14.7. The van der Waals surface area contributed by atoms with Crippen LogP contribution in [-0.4, -0.2) is 30.1 Å². The molecule has 0 saturated heterocycles. The fraction of sp³-hybridized carbons (Fsp3) is 0.167. The van der Waals surface area contributed by atoms with Crippen LogP contribution in [0.4, 0.5) is 0 Å². The first-order valence-corrected chi connectivity index (χ1v) is 8.44. The Morgan fingerprint density at radius 3 is 2.76 bits per heavy atom. The normalized spacial score (nSPS) is 10.3. The van der Waals surface area contributed by atoms with Crippen LogP contribution in [-0.2, 0) is 6.54 Å². The molecule has 1 aromatic carbocycles. The van der Waals surface area contributed by atoms with Gasteiger partial charge in [-0.1, -0.05) is 6.07 Å². The van der Waals surface area contributed by atoms with Crippen molar-refractivity contribution in [3.05, 3.63) is 59.4 Å². The van der Waals surface area contributed by atoms with Crippen molar-refractivity contribution in [2.45, 2.75) is 6.54 Å². The smallest absolute Gasteiger partial charge is 0.271 e. The fourth-order valence-corrected chi connectivity index (χ4v) is 3.05. The van der Waals surface area contributed by atoms with Crippen molar-refractivity contribution in [3.63, 3.8) is 0 Å². The molecule has 0 unspecified atom stereocenters. The molecule has 0 aliphatic rings. The highest BCUT2D eigenvalue weighted by Crippen LogP contribution is 2.27. The van der Waals surface area contributed by atoms with Gasteiger partial charge in [0.05, 0.1) is 14.2 Å². The van der Waals surface area contributed by atoms with Crippen LogP contribution in [0.5, 0.6) is 11.5 Å². The number of thiazole rings is 1. The van der Waals surface area contributed by atoms with Crippen molar-refractivity contribution in [1.29, 1.82) is 0 Å². The minimum Gasteiger partial charge on any atom is -0.493 e. The van der Waals surface area contributed by atoms with Crippen molar-refractivity contribution in [2.24, 2.45) is 0 Å². The molecule has 3 rings (SSSR count). The maximum absolute atomic E-state index is 12.3. The number of aromatic nitrogens is 2. The van der Waals surface area contributed by atoms with E-state index >= 15 is 0 Å². The molecule has 0 fully saturated rings. The molecule has 6 nitrogen and oxygen atoms in total. The van der Waals surface area contributed by atoms with Gasteiger partial charge in [-0.2, -0.15) is 0 Å². The Labute approximate surface area is 149 Å². The number of hydrogen-bond donors (Lipinski definition) is 1. The van der Waals surface area contributed by atoms with Crippen molar-refractivity contribution < 1.29 is 14.3 Å². The summed E-state index contributed by atoms with van der Waals surface area (Å²) in [6.07, 6.45) is 3.43. The van der Waals surface area contributed by atoms with Crippen molar-refractivity contribution in [1.82, 2.24) is 15.3 Å². The first-order valence-electron chi connectivity index (χ1n) is 7.56. The van der Waals surface area contributed by atoms with E-state index in [0.29, 0.717) is 23.7 Å². The van der Waals surface area contributed by atoms with Gasteiger partial charge in [0.25, 0.3) is 5.91 Å². The predicted molar refractivity (Wildman–Crippen MR) is 96.1 cm³/mol. The predicted octanol–water partition coefficient (Wildman–Crippen LogP) is 3.15. The standard InChI is InChI=1S/C18H17N3O3S/c1-23-15-6-5-12(8-16(15)24-2)9-20-17(22)14-11-25-18(21-14)13-4-3-7-19-10-13/h3-8,10-11H,9H2,1-2H3,(H,20,22). The highest BCUT2D eigenvalue weighted by atomic mass is 32.1. The van der Waals surface area contributed by atoms with Crippen LogP contribution in [0.2, 0.25) is 0 Å². The topological polar surface area (TPSA) is 73.3 Å². The fourth-order valence-electron chi connectivity index (χ4n) is 2.26. The third-order valence-corrected chi connectivity index (χ3v) is 4.44. The lowest BCUT2D eigenvalue weighted by Gasteiger charge is -2.10. The van der Waals surface area contributed by atoms with Gasteiger partial charge in [-0.3, -0.25) is 9.78 Å². The Balaban J connectivity index is 1.66. The largest absolute Gasteiger partial charge is 0.493 e. The highest BCUT2D eigenvalue weighted by molar-refractivity contribution is 7.13. The summed E-state index contributed by atoms with van der Waals surface area (Å²) in [5.74, 6) is 1.06. The van der Waals surface area contributed by atoms with Crippen LogP contribution in [0.3, 0.4) is 0 Å². The summed E-state index contributed by atoms with van der Waals surface area (Å²) >= 11 is 1.42. The molecule has 0 saturated carbocycles. The Kier molecular flexibility index (Phi) is 5.25. The first-order chi connectivity index (χ1) is 12.2. The molecule has 2 aromatic heterocycles. The monoisotopic (exact) mass is 355 g/mol. The second-order valence-electron chi connectivity index (χ2n) is 5.15. The average Bonchev–Trinajstić information content (AvgIpc) is 3.17. The van der Waals surface area contributed by atoms with E-state index in [1.807, 2.05) is 30.3 Å². The van der Waals surface area contributed by atoms with Gasteiger partial charge in [0.1, 0.15) is 10.7 Å². The van der Waals surface area contributed by atoms with Gasteiger partial charge >= 0.3 is 0 Å². The number of carbonyl (C=O) groups excluding carboxylic acids is 1. The summed E-state index contributed by atoms with van der Waals surface area (Å²) in [4.78, 5) is 20.7. The van der Waals surface area contributed by atoms with Gasteiger partial charge in [0.2, 0.25) is 0 Å². The molecular formula is C18H17N3O3S. The molecule has 2 heterocycles. The Hall–Kier alpha value is -2.93. The number of benzene rings is 1. The molecule has 7 heteroatoms. The van der Waals surface area contributed by atoms with Gasteiger partial charge in [-0.05, 0) is 29.8 Å². The Bertz CT molecular complexity index is 865. The molecule has 128 valence electrons. The van der Waals surface area contributed by atoms with E-state index in [0.717, 1.165) is 16.1 Å². The number of nitrogens with zero attached hydrogens (tertiary/aromatic N) is 2. The van der Waals surface area contributed by atoms with Gasteiger partial charge in [-0.15, -0.1) is 11.3 Å². The number of amides is 1. The third-order valence-electron chi connectivity index (χ3n) is 3.55. The summed E-state index contributed by atoms with van der Waals surface area (Å²) in [6.45, 7) is 0.374. The van der Waals surface area contributed by atoms with E-state index in [2.05, 4.69) is 15.3 Å². The molecule has 0 aliphatic carbocycles. The van der Waals surface area contributed by atoms with Gasteiger partial charge in [0, 0.05) is 29.9 Å². The van der Waals surface area contributed by atoms with Gasteiger partial charge < -0.3 is 14.8 Å². The molecule has 1 N–H and O–H groups in total. The summed E-state index contributed by atoms with van der Waals surface area (Å²) < 4.78 is 10.5. The van der Waals surface area contributed by atoms with Crippen molar-refractivity contribution >= 4 is 17.2 Å². The summed E-state index contributed by atoms with van der Waals surface area (Å²) in [5.41, 5.74) is 2.20. The summed E-state index contributed by atoms with van der Waals surface area (Å²) in [7, 11) is 3.16. The minimum atomic E-state index is -0.221. The number of rotatable bonds is 6. The second-order valence-corrected chi connectivity index (χ2v) is 6.01. The molecule has 25 heavy (non-hydrogen) atoms. The van der Waals surface area contributed by atoms with E-state index in [-0.39, 0.29) is 5.91 Å². The van der Waals surface area contributed by atoms with Crippen LogP contribution in [0, 0.1) is 0 Å². The zero-order valence-electron chi connectivity index (χ0n) is 13.9. The quantitative estimate of drug-likeness (QED) is 0.735. The Morgan fingerprint density at radius 2 is 2.04 bits per heavy atom. The van der Waals surface area contributed by atoms with Crippen LogP contribution in [0.1, 0.15) is 16.1 Å². The minimum absolute atomic E-state index is 0.221. The van der Waals surface area contributed by atoms with E-state index < -0.39 is 0 Å².